The maximum absolute atomic E-state index is 13.3. The topological polar surface area (TPSA) is 40.5 Å². The largest absolute Gasteiger partial charge is 0.393 e. The van der Waals surface area contributed by atoms with Crippen molar-refractivity contribution in [1.29, 1.82) is 0 Å². The zero-order valence-corrected chi connectivity index (χ0v) is 18.7. The van der Waals surface area contributed by atoms with E-state index in [-0.39, 0.29) is 23.2 Å². The number of amides is 1. The number of rotatable bonds is 6. The molecule has 4 rings (SSSR count). The number of likely N-dealkylation sites (tertiary alicyclic amines) is 1. The van der Waals surface area contributed by atoms with E-state index in [0.29, 0.717) is 19.4 Å². The molecule has 32 heavy (non-hydrogen) atoms. The van der Waals surface area contributed by atoms with Gasteiger partial charge in [-0.3, -0.25) is 4.79 Å². The van der Waals surface area contributed by atoms with Crippen molar-refractivity contribution in [3.63, 3.8) is 0 Å². The summed E-state index contributed by atoms with van der Waals surface area (Å²) in [6, 6.07) is 24.7. The highest BCUT2D eigenvalue weighted by molar-refractivity contribution is 5.79. The van der Waals surface area contributed by atoms with Crippen LogP contribution in [-0.2, 0) is 10.2 Å². The smallest absolute Gasteiger partial charge is 0.223 e. The van der Waals surface area contributed by atoms with E-state index in [1.165, 1.54) is 12.1 Å². The van der Waals surface area contributed by atoms with Crippen LogP contribution in [-0.4, -0.2) is 28.6 Å². The van der Waals surface area contributed by atoms with Crippen molar-refractivity contribution in [2.45, 2.75) is 50.7 Å². The zero-order valence-electron chi connectivity index (χ0n) is 18.7. The number of piperidine rings is 1. The van der Waals surface area contributed by atoms with Gasteiger partial charge in [-0.15, -0.1) is 0 Å². The van der Waals surface area contributed by atoms with Gasteiger partial charge < -0.3 is 10.0 Å². The lowest BCUT2D eigenvalue weighted by Gasteiger charge is -2.44. The van der Waals surface area contributed by atoms with Gasteiger partial charge >= 0.3 is 0 Å². The molecule has 0 spiro atoms. The Bertz CT molecular complexity index is 1050. The van der Waals surface area contributed by atoms with Crippen LogP contribution in [0.15, 0.2) is 78.9 Å². The van der Waals surface area contributed by atoms with Gasteiger partial charge in [0.05, 0.1) is 12.1 Å². The van der Waals surface area contributed by atoms with Crippen LogP contribution in [0.3, 0.4) is 0 Å². The number of hydrogen-bond acceptors (Lipinski definition) is 2. The molecule has 1 amide bonds. The molecule has 1 aliphatic heterocycles. The molecule has 3 aromatic rings. The summed E-state index contributed by atoms with van der Waals surface area (Å²) in [7, 11) is 0. The Balaban J connectivity index is 1.51. The van der Waals surface area contributed by atoms with Crippen LogP contribution in [0.2, 0.25) is 0 Å². The molecule has 3 aromatic carbocycles. The summed E-state index contributed by atoms with van der Waals surface area (Å²) < 4.78 is 13.2. The van der Waals surface area contributed by atoms with E-state index < -0.39 is 6.10 Å². The average Bonchev–Trinajstić information content (AvgIpc) is 2.79. The van der Waals surface area contributed by atoms with Gasteiger partial charge in [0.15, 0.2) is 0 Å². The SMILES string of the molecule is CC(O)C[C@]1(c2ccccc2)CCN([C@@H](C)c2ccc(-c3ccc(F)cc3)cc2)C(=O)C1. The van der Waals surface area contributed by atoms with E-state index in [1.54, 1.807) is 19.1 Å². The lowest BCUT2D eigenvalue weighted by molar-refractivity contribution is -0.138. The summed E-state index contributed by atoms with van der Waals surface area (Å²) in [6.45, 7) is 4.52. The van der Waals surface area contributed by atoms with Gasteiger partial charge in [0.25, 0.3) is 0 Å². The first-order valence-electron chi connectivity index (χ1n) is 11.3. The molecule has 3 atom stereocenters. The molecule has 0 saturated carbocycles. The molecule has 1 aliphatic rings. The number of aliphatic hydroxyl groups is 1. The van der Waals surface area contributed by atoms with E-state index in [9.17, 15) is 14.3 Å². The molecule has 1 saturated heterocycles. The minimum absolute atomic E-state index is 0.0370. The van der Waals surface area contributed by atoms with Crippen molar-refractivity contribution in [2.24, 2.45) is 0 Å². The van der Waals surface area contributed by atoms with Crippen molar-refractivity contribution in [1.82, 2.24) is 4.90 Å². The summed E-state index contributed by atoms with van der Waals surface area (Å²) >= 11 is 0. The Morgan fingerprint density at radius 1 is 0.938 bits per heavy atom. The van der Waals surface area contributed by atoms with Gasteiger partial charge in [-0.2, -0.15) is 0 Å². The molecule has 4 heteroatoms. The highest BCUT2D eigenvalue weighted by atomic mass is 19.1. The highest BCUT2D eigenvalue weighted by Gasteiger charge is 2.42. The number of carbonyl (C=O) groups is 1. The normalized spacial score (nSPS) is 20.8. The van der Waals surface area contributed by atoms with Gasteiger partial charge in [0.2, 0.25) is 5.91 Å². The molecular formula is C28H30FNO2. The Kier molecular flexibility index (Phi) is 6.43. The Labute approximate surface area is 189 Å². The summed E-state index contributed by atoms with van der Waals surface area (Å²) in [5.41, 5.74) is 3.86. The number of halogens is 1. The standard InChI is InChI=1S/C28H30FNO2/c1-20(31)18-28(25-6-4-3-5-7-25)16-17-30(27(32)19-28)21(2)22-8-10-23(11-9-22)24-12-14-26(29)15-13-24/h3-15,20-21,31H,16-19H2,1-2H3/t20?,21-,28+/m0/s1. The fraction of sp³-hybridized carbons (Fsp3) is 0.321. The first kappa shape index (κ1) is 22.2. The second kappa shape index (κ2) is 9.25. The lowest BCUT2D eigenvalue weighted by Crippen LogP contribution is -2.48. The van der Waals surface area contributed by atoms with Crippen molar-refractivity contribution in [2.75, 3.05) is 6.54 Å². The second-order valence-corrected chi connectivity index (χ2v) is 9.02. The third kappa shape index (κ3) is 4.61. The highest BCUT2D eigenvalue weighted by Crippen LogP contribution is 2.42. The zero-order chi connectivity index (χ0) is 22.7. The minimum Gasteiger partial charge on any atom is -0.393 e. The lowest BCUT2D eigenvalue weighted by atomic mass is 9.69. The average molecular weight is 432 g/mol. The van der Waals surface area contributed by atoms with Gasteiger partial charge in [-0.1, -0.05) is 66.7 Å². The third-order valence-electron chi connectivity index (χ3n) is 6.75. The molecule has 1 fully saturated rings. The van der Waals surface area contributed by atoms with Gasteiger partial charge in [-0.25, -0.2) is 4.39 Å². The molecule has 3 nitrogen and oxygen atoms in total. The third-order valence-corrected chi connectivity index (χ3v) is 6.75. The number of aliphatic hydroxyl groups excluding tert-OH is 1. The summed E-state index contributed by atoms with van der Waals surface area (Å²) in [5.74, 6) is -0.124. The van der Waals surface area contributed by atoms with E-state index in [0.717, 1.165) is 28.7 Å². The molecule has 0 aromatic heterocycles. The first-order valence-corrected chi connectivity index (χ1v) is 11.3. The van der Waals surface area contributed by atoms with E-state index in [4.69, 9.17) is 0 Å². The fourth-order valence-corrected chi connectivity index (χ4v) is 5.02. The van der Waals surface area contributed by atoms with Gasteiger partial charge in [0, 0.05) is 18.4 Å². The van der Waals surface area contributed by atoms with Crippen LogP contribution in [0.4, 0.5) is 4.39 Å². The van der Waals surface area contributed by atoms with Crippen molar-refractivity contribution in [3.8, 4) is 11.1 Å². The molecule has 166 valence electrons. The molecule has 1 unspecified atom stereocenters. The van der Waals surface area contributed by atoms with Crippen LogP contribution in [0, 0.1) is 5.82 Å². The number of hydrogen-bond donors (Lipinski definition) is 1. The second-order valence-electron chi connectivity index (χ2n) is 9.02. The predicted molar refractivity (Wildman–Crippen MR) is 126 cm³/mol. The Morgan fingerprint density at radius 2 is 1.53 bits per heavy atom. The molecule has 0 aliphatic carbocycles. The maximum atomic E-state index is 13.3. The van der Waals surface area contributed by atoms with Gasteiger partial charge in [-0.05, 0) is 61.1 Å². The number of benzene rings is 3. The van der Waals surface area contributed by atoms with Crippen LogP contribution in [0.1, 0.15) is 50.3 Å². The molecule has 1 N–H and O–H groups in total. The van der Waals surface area contributed by atoms with Crippen molar-refractivity contribution >= 4 is 5.91 Å². The summed E-state index contributed by atoms with van der Waals surface area (Å²) in [6.07, 6.45) is 1.34. The van der Waals surface area contributed by atoms with Crippen molar-refractivity contribution < 1.29 is 14.3 Å². The van der Waals surface area contributed by atoms with Crippen LogP contribution in [0.5, 0.6) is 0 Å². The summed E-state index contributed by atoms with van der Waals surface area (Å²) in [5, 5.41) is 10.2. The van der Waals surface area contributed by atoms with Gasteiger partial charge in [0.1, 0.15) is 5.82 Å². The van der Waals surface area contributed by atoms with E-state index >= 15 is 0 Å². The summed E-state index contributed by atoms with van der Waals surface area (Å²) in [4.78, 5) is 15.3. The van der Waals surface area contributed by atoms with E-state index in [1.807, 2.05) is 47.4 Å². The molecule has 0 radical (unpaired) electrons. The maximum Gasteiger partial charge on any atom is 0.223 e. The van der Waals surface area contributed by atoms with E-state index in [2.05, 4.69) is 19.1 Å². The minimum atomic E-state index is -0.467. The molecular weight excluding hydrogens is 401 g/mol. The van der Waals surface area contributed by atoms with Crippen LogP contribution < -0.4 is 0 Å². The Morgan fingerprint density at radius 3 is 2.09 bits per heavy atom. The molecule has 0 bridgehead atoms. The van der Waals surface area contributed by atoms with Crippen molar-refractivity contribution in [3.05, 3.63) is 95.8 Å². The van der Waals surface area contributed by atoms with Crippen LogP contribution in [0.25, 0.3) is 11.1 Å². The number of carbonyl (C=O) groups excluding carboxylic acids is 1. The fourth-order valence-electron chi connectivity index (χ4n) is 5.02. The molecule has 1 heterocycles. The first-order chi connectivity index (χ1) is 15.4. The van der Waals surface area contributed by atoms with Crippen LogP contribution >= 0.6 is 0 Å². The quantitative estimate of drug-likeness (QED) is 0.529. The predicted octanol–water partition coefficient (Wildman–Crippen LogP) is 5.89. The number of nitrogens with zero attached hydrogens (tertiary/aromatic N) is 1. The monoisotopic (exact) mass is 431 g/mol. The Hall–Kier alpha value is -2.98.